The van der Waals surface area contributed by atoms with Gasteiger partial charge in [-0.2, -0.15) is 0 Å². The lowest BCUT2D eigenvalue weighted by molar-refractivity contribution is 0.0771. The summed E-state index contributed by atoms with van der Waals surface area (Å²) in [7, 11) is 1.69. The Morgan fingerprint density at radius 3 is 3.00 bits per heavy atom. The van der Waals surface area contributed by atoms with Gasteiger partial charge in [-0.05, 0) is 24.6 Å². The van der Waals surface area contributed by atoms with Crippen molar-refractivity contribution in [1.82, 2.24) is 10.3 Å². The van der Waals surface area contributed by atoms with Crippen molar-refractivity contribution in [3.05, 3.63) is 29.5 Å². The molecule has 0 spiro atoms. The van der Waals surface area contributed by atoms with Crippen molar-refractivity contribution in [2.24, 2.45) is 0 Å². The summed E-state index contributed by atoms with van der Waals surface area (Å²) in [4.78, 5) is 3.42. The molecule has 18 heavy (non-hydrogen) atoms. The number of hydrogen-bond donors (Lipinski definition) is 2. The van der Waals surface area contributed by atoms with E-state index < -0.39 is 0 Å². The fourth-order valence-corrected chi connectivity index (χ4v) is 2.66. The molecule has 1 aromatic carbocycles. The van der Waals surface area contributed by atoms with Crippen LogP contribution in [-0.2, 0) is 4.74 Å². The second-order valence-electron chi connectivity index (χ2n) is 4.66. The van der Waals surface area contributed by atoms with Crippen molar-refractivity contribution in [3.8, 4) is 5.75 Å². The molecule has 1 unspecified atom stereocenters. The summed E-state index contributed by atoms with van der Waals surface area (Å²) in [5, 5.41) is 4.75. The maximum atomic E-state index is 5.55. The quantitative estimate of drug-likeness (QED) is 0.853. The van der Waals surface area contributed by atoms with Gasteiger partial charge >= 0.3 is 0 Å². The highest BCUT2D eigenvalue weighted by molar-refractivity contribution is 5.86. The van der Waals surface area contributed by atoms with Crippen molar-refractivity contribution >= 4 is 10.9 Å². The van der Waals surface area contributed by atoms with Crippen LogP contribution in [-0.4, -0.2) is 31.9 Å². The molecule has 4 nitrogen and oxygen atoms in total. The van der Waals surface area contributed by atoms with Crippen molar-refractivity contribution in [1.29, 1.82) is 0 Å². The maximum Gasteiger partial charge on any atom is 0.120 e. The third-order valence-corrected chi connectivity index (χ3v) is 3.51. The molecule has 0 amide bonds. The average Bonchev–Trinajstić information content (AvgIpc) is 2.74. The van der Waals surface area contributed by atoms with Crippen molar-refractivity contribution in [2.75, 3.05) is 26.9 Å². The van der Waals surface area contributed by atoms with Crippen LogP contribution in [0.5, 0.6) is 5.75 Å². The Balaban J connectivity index is 2.07. The van der Waals surface area contributed by atoms with E-state index in [0.717, 1.165) is 31.0 Å². The Kier molecular flexibility index (Phi) is 2.97. The first-order chi connectivity index (χ1) is 8.79. The summed E-state index contributed by atoms with van der Waals surface area (Å²) in [5.74, 6) is 0.878. The number of aromatic nitrogens is 1. The Bertz CT molecular complexity index is 556. The number of methoxy groups -OCH3 is 1. The van der Waals surface area contributed by atoms with Gasteiger partial charge in [0.05, 0.1) is 26.4 Å². The fourth-order valence-electron chi connectivity index (χ4n) is 2.66. The van der Waals surface area contributed by atoms with E-state index in [9.17, 15) is 0 Å². The lowest BCUT2D eigenvalue weighted by atomic mass is 10.0. The number of nitrogens with one attached hydrogen (secondary N) is 2. The maximum absolute atomic E-state index is 5.55. The molecule has 0 aliphatic carbocycles. The number of rotatable bonds is 2. The first-order valence-corrected chi connectivity index (χ1v) is 6.27. The molecule has 96 valence electrons. The van der Waals surface area contributed by atoms with Crippen molar-refractivity contribution in [2.45, 2.75) is 13.0 Å². The lowest BCUT2D eigenvalue weighted by Gasteiger charge is -2.24. The van der Waals surface area contributed by atoms with E-state index >= 15 is 0 Å². The van der Waals surface area contributed by atoms with Crippen LogP contribution in [0.1, 0.15) is 17.3 Å². The van der Waals surface area contributed by atoms with Gasteiger partial charge in [0.25, 0.3) is 0 Å². The number of benzene rings is 1. The Morgan fingerprint density at radius 2 is 2.28 bits per heavy atom. The number of fused-ring (bicyclic) bond motifs is 1. The first kappa shape index (κ1) is 11.6. The van der Waals surface area contributed by atoms with E-state index in [4.69, 9.17) is 9.47 Å². The van der Waals surface area contributed by atoms with E-state index in [-0.39, 0.29) is 6.04 Å². The van der Waals surface area contributed by atoms with Gasteiger partial charge in [-0.1, -0.05) is 0 Å². The molecule has 0 saturated carbocycles. The molecule has 4 heteroatoms. The molecule has 1 aliphatic heterocycles. The van der Waals surface area contributed by atoms with Gasteiger partial charge < -0.3 is 19.8 Å². The monoisotopic (exact) mass is 246 g/mol. The molecule has 1 aromatic heterocycles. The summed E-state index contributed by atoms with van der Waals surface area (Å²) in [6.45, 7) is 4.55. The van der Waals surface area contributed by atoms with Crippen LogP contribution in [0.4, 0.5) is 0 Å². The summed E-state index contributed by atoms with van der Waals surface area (Å²) < 4.78 is 10.8. The summed E-state index contributed by atoms with van der Waals surface area (Å²) in [6.07, 6.45) is 0. The second kappa shape index (κ2) is 4.63. The van der Waals surface area contributed by atoms with Crippen LogP contribution in [0, 0.1) is 6.92 Å². The molecule has 0 radical (unpaired) electrons. The Morgan fingerprint density at radius 1 is 1.39 bits per heavy atom. The molecule has 1 aliphatic rings. The standard InChI is InChI=1S/C14H18N2O2/c1-9-14(13-8-18-6-5-15-13)11-4-3-10(17-2)7-12(11)16-9/h3-4,7,13,15-16H,5-6,8H2,1-2H3. The molecule has 2 N–H and O–H groups in total. The number of morpholine rings is 1. The predicted octanol–water partition coefficient (Wildman–Crippen LogP) is 2.15. The third-order valence-electron chi connectivity index (χ3n) is 3.51. The fraction of sp³-hybridized carbons (Fsp3) is 0.429. The Labute approximate surface area is 106 Å². The minimum Gasteiger partial charge on any atom is -0.497 e. The zero-order valence-corrected chi connectivity index (χ0v) is 10.7. The van der Waals surface area contributed by atoms with Gasteiger partial charge in [-0.15, -0.1) is 0 Å². The average molecular weight is 246 g/mol. The topological polar surface area (TPSA) is 46.3 Å². The van der Waals surface area contributed by atoms with Gasteiger partial charge in [0.2, 0.25) is 0 Å². The zero-order valence-electron chi connectivity index (χ0n) is 10.7. The van der Waals surface area contributed by atoms with Crippen LogP contribution < -0.4 is 10.1 Å². The largest absolute Gasteiger partial charge is 0.497 e. The number of ether oxygens (including phenoxy) is 2. The predicted molar refractivity (Wildman–Crippen MR) is 71.2 cm³/mol. The van der Waals surface area contributed by atoms with Gasteiger partial charge in [-0.3, -0.25) is 0 Å². The van der Waals surface area contributed by atoms with Crippen molar-refractivity contribution < 1.29 is 9.47 Å². The molecule has 3 rings (SSSR count). The molecular formula is C14H18N2O2. The molecule has 1 fully saturated rings. The Hall–Kier alpha value is -1.52. The molecule has 2 aromatic rings. The highest BCUT2D eigenvalue weighted by Crippen LogP contribution is 2.31. The van der Waals surface area contributed by atoms with Gasteiger partial charge in [0.1, 0.15) is 5.75 Å². The van der Waals surface area contributed by atoms with E-state index in [1.54, 1.807) is 7.11 Å². The number of aromatic amines is 1. The molecule has 0 bridgehead atoms. The van der Waals surface area contributed by atoms with Crippen LogP contribution in [0.3, 0.4) is 0 Å². The summed E-state index contributed by atoms with van der Waals surface area (Å²) in [5.41, 5.74) is 3.63. The molecule has 1 atom stereocenters. The van der Waals surface area contributed by atoms with E-state index in [0.29, 0.717) is 0 Å². The van der Waals surface area contributed by atoms with Crippen LogP contribution in [0.25, 0.3) is 10.9 Å². The van der Waals surface area contributed by atoms with E-state index in [1.165, 1.54) is 16.6 Å². The normalized spacial score (nSPS) is 20.2. The van der Waals surface area contributed by atoms with Crippen LogP contribution in [0.2, 0.25) is 0 Å². The van der Waals surface area contributed by atoms with Crippen molar-refractivity contribution in [3.63, 3.8) is 0 Å². The van der Waals surface area contributed by atoms with Crippen LogP contribution in [0.15, 0.2) is 18.2 Å². The third kappa shape index (κ3) is 1.87. The first-order valence-electron chi connectivity index (χ1n) is 6.27. The highest BCUT2D eigenvalue weighted by atomic mass is 16.5. The van der Waals surface area contributed by atoms with Gasteiger partial charge in [0, 0.05) is 29.2 Å². The second-order valence-corrected chi connectivity index (χ2v) is 4.66. The number of H-pyrrole nitrogens is 1. The molecular weight excluding hydrogens is 228 g/mol. The molecule has 2 heterocycles. The molecule has 1 saturated heterocycles. The summed E-state index contributed by atoms with van der Waals surface area (Å²) >= 11 is 0. The van der Waals surface area contributed by atoms with Crippen LogP contribution >= 0.6 is 0 Å². The highest BCUT2D eigenvalue weighted by Gasteiger charge is 2.21. The van der Waals surface area contributed by atoms with E-state index in [1.807, 2.05) is 12.1 Å². The zero-order chi connectivity index (χ0) is 12.5. The van der Waals surface area contributed by atoms with E-state index in [2.05, 4.69) is 23.3 Å². The SMILES string of the molecule is COc1ccc2c(C3COCCN3)c(C)[nH]c2c1. The van der Waals surface area contributed by atoms with Gasteiger partial charge in [0.15, 0.2) is 0 Å². The lowest BCUT2D eigenvalue weighted by Crippen LogP contribution is -2.34. The summed E-state index contributed by atoms with van der Waals surface area (Å²) in [6, 6.07) is 6.43. The van der Waals surface area contributed by atoms with Gasteiger partial charge in [-0.25, -0.2) is 0 Å². The number of hydrogen-bond acceptors (Lipinski definition) is 3. The minimum atomic E-state index is 0.279. The minimum absolute atomic E-state index is 0.279. The number of aryl methyl sites for hydroxylation is 1. The smallest absolute Gasteiger partial charge is 0.120 e.